The summed E-state index contributed by atoms with van der Waals surface area (Å²) in [7, 11) is 0. The highest BCUT2D eigenvalue weighted by Gasteiger charge is 2.25. The maximum atomic E-state index is 12.4. The zero-order chi connectivity index (χ0) is 23.2. The van der Waals surface area contributed by atoms with E-state index in [4.69, 9.17) is 4.74 Å². The molecule has 0 amide bonds. The van der Waals surface area contributed by atoms with Crippen LogP contribution < -0.4 is 4.74 Å². The monoisotopic (exact) mass is 497 g/mol. The molecule has 3 heterocycles. The molecule has 0 saturated heterocycles. The number of aryl methyl sites for hydroxylation is 1. The number of hydrogen-bond acceptors (Lipinski definition) is 7. The van der Waals surface area contributed by atoms with Crippen molar-refractivity contribution in [3.8, 4) is 5.19 Å². The van der Waals surface area contributed by atoms with Gasteiger partial charge in [-0.25, -0.2) is 18.7 Å². The molecule has 0 N–H and O–H groups in total. The minimum absolute atomic E-state index is 0.331. The molecule has 0 radical (unpaired) electrons. The van der Waals surface area contributed by atoms with E-state index in [-0.39, 0.29) is 0 Å². The van der Waals surface area contributed by atoms with E-state index in [1.54, 1.807) is 11.3 Å². The molecule has 0 atom stereocenters. The lowest BCUT2D eigenvalue weighted by Gasteiger charge is -2.30. The van der Waals surface area contributed by atoms with Crippen LogP contribution in [0.15, 0.2) is 5.38 Å². The molecule has 1 aliphatic heterocycles. The van der Waals surface area contributed by atoms with Crippen molar-refractivity contribution >= 4 is 28.5 Å². The van der Waals surface area contributed by atoms with E-state index in [0.717, 1.165) is 67.6 Å². The molecule has 2 aliphatic rings. The first-order valence-electron chi connectivity index (χ1n) is 12.0. The molecule has 33 heavy (non-hydrogen) atoms. The number of aromatic nitrogens is 2. The second-order valence-corrected chi connectivity index (χ2v) is 11.5. The number of ether oxygens (including phenoxy) is 1. The SMILES string of the molecule is Cc1nc(CC(=O)CC2CCC(CCN3CCc4nc(OCC(F)F)sc4CC3)CC2)cs1. The van der Waals surface area contributed by atoms with E-state index < -0.39 is 13.0 Å². The number of rotatable bonds is 10. The number of fused-ring (bicyclic) bond motifs is 1. The van der Waals surface area contributed by atoms with E-state index in [1.807, 2.05) is 12.3 Å². The normalized spacial score (nSPS) is 21.7. The number of carbonyl (C=O) groups is 1. The molecule has 1 saturated carbocycles. The lowest BCUT2D eigenvalue weighted by atomic mass is 9.78. The molecule has 5 nitrogen and oxygen atoms in total. The largest absolute Gasteiger partial charge is 0.464 e. The Kier molecular flexibility index (Phi) is 8.82. The topological polar surface area (TPSA) is 55.3 Å². The Morgan fingerprint density at radius 2 is 1.94 bits per heavy atom. The standard InChI is InChI=1S/C24H33F2N3O2S2/c1-16-27-19(15-32-16)13-20(30)12-18-4-2-17(3-5-18)6-9-29-10-7-21-22(8-11-29)33-24(28-21)31-14-23(25)26/h15,17-18,23H,2-14H2,1H3. The van der Waals surface area contributed by atoms with Gasteiger partial charge in [-0.15, -0.1) is 11.3 Å². The molecule has 1 fully saturated rings. The summed E-state index contributed by atoms with van der Waals surface area (Å²) in [5.74, 6) is 1.62. The summed E-state index contributed by atoms with van der Waals surface area (Å²) in [4.78, 5) is 24.9. The number of nitrogens with zero attached hydrogens (tertiary/aromatic N) is 3. The summed E-state index contributed by atoms with van der Waals surface area (Å²) in [6.07, 6.45) is 6.48. The minimum Gasteiger partial charge on any atom is -0.464 e. The Morgan fingerprint density at radius 1 is 1.18 bits per heavy atom. The Morgan fingerprint density at radius 3 is 2.67 bits per heavy atom. The van der Waals surface area contributed by atoms with Crippen molar-refractivity contribution in [1.82, 2.24) is 14.9 Å². The van der Waals surface area contributed by atoms with Gasteiger partial charge in [0.25, 0.3) is 11.6 Å². The summed E-state index contributed by atoms with van der Waals surface area (Å²) in [6, 6.07) is 0. The zero-order valence-corrected chi connectivity index (χ0v) is 20.9. The van der Waals surface area contributed by atoms with Gasteiger partial charge >= 0.3 is 0 Å². The second kappa shape index (κ2) is 11.8. The highest BCUT2D eigenvalue weighted by Crippen LogP contribution is 2.34. The lowest BCUT2D eigenvalue weighted by molar-refractivity contribution is -0.119. The third-order valence-electron chi connectivity index (χ3n) is 6.79. The number of Topliss-reactive ketones (excluding diaryl/α,β-unsaturated/α-hetero) is 1. The van der Waals surface area contributed by atoms with Gasteiger partial charge in [-0.1, -0.05) is 24.2 Å². The van der Waals surface area contributed by atoms with Crippen molar-refractivity contribution in [2.75, 3.05) is 26.2 Å². The molecule has 0 bridgehead atoms. The third-order valence-corrected chi connectivity index (χ3v) is 8.68. The summed E-state index contributed by atoms with van der Waals surface area (Å²) < 4.78 is 29.8. The fourth-order valence-electron chi connectivity index (χ4n) is 4.98. The van der Waals surface area contributed by atoms with E-state index in [0.29, 0.717) is 29.7 Å². The van der Waals surface area contributed by atoms with Gasteiger partial charge in [-0.05, 0) is 51.0 Å². The van der Waals surface area contributed by atoms with Crippen LogP contribution in [-0.4, -0.2) is 53.3 Å². The number of carbonyl (C=O) groups excluding carboxylic acids is 1. The van der Waals surface area contributed by atoms with E-state index >= 15 is 0 Å². The number of alkyl halides is 2. The van der Waals surface area contributed by atoms with Crippen molar-refractivity contribution < 1.29 is 18.3 Å². The maximum Gasteiger partial charge on any atom is 0.273 e. The predicted octanol–water partition coefficient (Wildman–Crippen LogP) is 5.35. The molecule has 1 aliphatic carbocycles. The smallest absolute Gasteiger partial charge is 0.273 e. The first-order valence-corrected chi connectivity index (χ1v) is 13.7. The Balaban J connectivity index is 1.13. The van der Waals surface area contributed by atoms with Crippen molar-refractivity contribution in [1.29, 1.82) is 0 Å². The number of thiazole rings is 2. The summed E-state index contributed by atoms with van der Waals surface area (Å²) in [5.41, 5.74) is 1.94. The highest BCUT2D eigenvalue weighted by molar-refractivity contribution is 7.13. The summed E-state index contributed by atoms with van der Waals surface area (Å²) >= 11 is 3.03. The molecule has 0 spiro atoms. The number of hydrogen-bond donors (Lipinski definition) is 0. The molecule has 4 rings (SSSR count). The lowest BCUT2D eigenvalue weighted by Crippen LogP contribution is -2.30. The van der Waals surface area contributed by atoms with Crippen LogP contribution in [0.5, 0.6) is 5.19 Å². The van der Waals surface area contributed by atoms with Gasteiger partial charge < -0.3 is 9.64 Å². The van der Waals surface area contributed by atoms with E-state index in [9.17, 15) is 13.6 Å². The summed E-state index contributed by atoms with van der Waals surface area (Å²) in [6.45, 7) is 4.45. The molecular weight excluding hydrogens is 464 g/mol. The molecule has 0 aromatic carbocycles. The Labute approximate surface area is 202 Å². The van der Waals surface area contributed by atoms with Crippen molar-refractivity contribution in [3.05, 3.63) is 26.7 Å². The van der Waals surface area contributed by atoms with Crippen LogP contribution in [0.25, 0.3) is 0 Å². The van der Waals surface area contributed by atoms with Gasteiger partial charge in [0.1, 0.15) is 5.78 Å². The minimum atomic E-state index is -2.47. The van der Waals surface area contributed by atoms with Crippen LogP contribution >= 0.6 is 22.7 Å². The number of ketones is 1. The van der Waals surface area contributed by atoms with Crippen LogP contribution in [0.2, 0.25) is 0 Å². The van der Waals surface area contributed by atoms with Crippen molar-refractivity contribution in [2.24, 2.45) is 11.8 Å². The van der Waals surface area contributed by atoms with Gasteiger partial charge in [-0.2, -0.15) is 0 Å². The molecule has 2 aromatic rings. The fourth-order valence-corrected chi connectivity index (χ4v) is 6.55. The van der Waals surface area contributed by atoms with Gasteiger partial charge in [-0.3, -0.25) is 4.79 Å². The second-order valence-electron chi connectivity index (χ2n) is 9.35. The van der Waals surface area contributed by atoms with Crippen LogP contribution in [0, 0.1) is 18.8 Å². The maximum absolute atomic E-state index is 12.4. The van der Waals surface area contributed by atoms with Crippen LogP contribution in [-0.2, 0) is 24.1 Å². The molecule has 2 aromatic heterocycles. The Hall–Kier alpha value is -1.45. The molecule has 9 heteroatoms. The van der Waals surface area contributed by atoms with E-state index in [2.05, 4.69) is 14.9 Å². The molecular formula is C24H33F2N3O2S2. The van der Waals surface area contributed by atoms with Gasteiger partial charge in [0.2, 0.25) is 0 Å². The quantitative estimate of drug-likeness (QED) is 0.443. The van der Waals surface area contributed by atoms with E-state index in [1.165, 1.54) is 35.5 Å². The number of halogens is 2. The van der Waals surface area contributed by atoms with Gasteiger partial charge in [0.05, 0.1) is 16.4 Å². The first kappa shape index (κ1) is 24.7. The average molecular weight is 498 g/mol. The van der Waals surface area contributed by atoms with Gasteiger partial charge in [0.15, 0.2) is 6.61 Å². The zero-order valence-electron chi connectivity index (χ0n) is 19.2. The van der Waals surface area contributed by atoms with Gasteiger partial charge in [0, 0.05) is 42.6 Å². The van der Waals surface area contributed by atoms with Crippen molar-refractivity contribution in [3.63, 3.8) is 0 Å². The van der Waals surface area contributed by atoms with Crippen LogP contribution in [0.3, 0.4) is 0 Å². The summed E-state index contributed by atoms with van der Waals surface area (Å²) in [5, 5.41) is 3.41. The fraction of sp³-hybridized carbons (Fsp3) is 0.708. The average Bonchev–Trinajstić information content (AvgIpc) is 3.32. The predicted molar refractivity (Wildman–Crippen MR) is 128 cm³/mol. The van der Waals surface area contributed by atoms with Crippen molar-refractivity contribution in [2.45, 2.75) is 71.1 Å². The molecule has 0 unspecified atom stereocenters. The third kappa shape index (κ3) is 7.52. The molecule has 182 valence electrons. The first-order chi connectivity index (χ1) is 15.9. The highest BCUT2D eigenvalue weighted by atomic mass is 32.1. The van der Waals surface area contributed by atoms with Crippen LogP contribution in [0.4, 0.5) is 8.78 Å². The van der Waals surface area contributed by atoms with Crippen LogP contribution in [0.1, 0.15) is 59.8 Å². The Bertz CT molecular complexity index is 884.